The Balaban J connectivity index is 1.54. The number of hydrogen-bond donors (Lipinski definition) is 2. The molecule has 2 aromatic carbocycles. The van der Waals surface area contributed by atoms with Crippen LogP contribution in [0, 0.1) is 13.8 Å². The Labute approximate surface area is 187 Å². The molecular formula is C26H27N3O3. The molecule has 32 heavy (non-hydrogen) atoms. The van der Waals surface area contributed by atoms with Gasteiger partial charge in [-0.15, -0.1) is 0 Å². The average molecular weight is 430 g/mol. The molecule has 1 heterocycles. The van der Waals surface area contributed by atoms with Gasteiger partial charge in [0.2, 0.25) is 0 Å². The molecule has 2 amide bonds. The van der Waals surface area contributed by atoms with E-state index in [-0.39, 0.29) is 17.6 Å². The predicted octanol–water partition coefficient (Wildman–Crippen LogP) is 5.18. The fourth-order valence-electron chi connectivity index (χ4n) is 3.90. The molecule has 164 valence electrons. The van der Waals surface area contributed by atoms with Crippen LogP contribution in [-0.4, -0.2) is 17.5 Å². The fraction of sp³-hybridized carbons (Fsp3) is 0.269. The number of carbonyl (C=O) groups excluding carboxylic acids is 2. The van der Waals surface area contributed by atoms with Gasteiger partial charge < -0.3 is 9.73 Å². The van der Waals surface area contributed by atoms with Crippen molar-refractivity contribution in [3.63, 3.8) is 0 Å². The summed E-state index contributed by atoms with van der Waals surface area (Å²) in [5.41, 5.74) is 8.53. The van der Waals surface area contributed by atoms with Gasteiger partial charge in [-0.2, -0.15) is 5.10 Å². The van der Waals surface area contributed by atoms with Gasteiger partial charge >= 0.3 is 0 Å². The summed E-state index contributed by atoms with van der Waals surface area (Å²) in [7, 11) is 0. The van der Waals surface area contributed by atoms with E-state index in [1.54, 1.807) is 12.1 Å². The number of carbonyl (C=O) groups is 2. The lowest BCUT2D eigenvalue weighted by Gasteiger charge is -2.13. The Morgan fingerprint density at radius 2 is 1.69 bits per heavy atom. The van der Waals surface area contributed by atoms with Crippen molar-refractivity contribution in [2.24, 2.45) is 5.10 Å². The van der Waals surface area contributed by atoms with Crippen molar-refractivity contribution in [2.45, 2.75) is 46.5 Å². The highest BCUT2D eigenvalue weighted by atomic mass is 16.4. The van der Waals surface area contributed by atoms with E-state index in [1.165, 1.54) is 5.56 Å². The highest BCUT2D eigenvalue weighted by Crippen LogP contribution is 2.30. The van der Waals surface area contributed by atoms with E-state index in [4.69, 9.17) is 4.42 Å². The van der Waals surface area contributed by atoms with Crippen LogP contribution in [0.2, 0.25) is 0 Å². The number of hydrazone groups is 1. The quantitative estimate of drug-likeness (QED) is 0.548. The van der Waals surface area contributed by atoms with Crippen LogP contribution in [0.3, 0.4) is 0 Å². The molecule has 2 N–H and O–H groups in total. The maximum atomic E-state index is 12.9. The molecule has 1 aromatic heterocycles. The average Bonchev–Trinajstić information content (AvgIpc) is 3.15. The van der Waals surface area contributed by atoms with Gasteiger partial charge in [0.25, 0.3) is 11.8 Å². The topological polar surface area (TPSA) is 83.7 Å². The molecule has 0 aliphatic heterocycles. The summed E-state index contributed by atoms with van der Waals surface area (Å²) >= 11 is 0. The third kappa shape index (κ3) is 4.49. The van der Waals surface area contributed by atoms with E-state index in [0.29, 0.717) is 12.0 Å². The number of aryl methyl sites for hydroxylation is 3. The minimum absolute atomic E-state index is 0.265. The standard InChI is InChI=1S/C26H27N3O3/c1-4-18-10-14-20(15-11-18)27-26(31)24-17(3)23-21(6-5-7-22(23)32-24)28-29-25(30)19-12-8-16(2)9-13-19/h8-15H,4-7H2,1-3H3,(H,27,31)(H,29,30)/b28-21+. The second-order valence-corrected chi connectivity index (χ2v) is 8.08. The van der Waals surface area contributed by atoms with Crippen LogP contribution in [0.25, 0.3) is 0 Å². The van der Waals surface area contributed by atoms with Crippen molar-refractivity contribution in [3.8, 4) is 0 Å². The molecule has 0 fully saturated rings. The number of benzene rings is 2. The summed E-state index contributed by atoms with van der Waals surface area (Å²) in [6.45, 7) is 5.92. The van der Waals surface area contributed by atoms with E-state index >= 15 is 0 Å². The smallest absolute Gasteiger partial charge is 0.291 e. The van der Waals surface area contributed by atoms with E-state index in [0.717, 1.165) is 53.1 Å². The van der Waals surface area contributed by atoms with Gasteiger partial charge in [-0.1, -0.05) is 36.8 Å². The first-order valence-electron chi connectivity index (χ1n) is 10.9. The molecule has 0 bridgehead atoms. The SMILES string of the molecule is CCc1ccc(NC(=O)c2oc3c(c2C)/C(=N/NC(=O)c2ccc(C)cc2)CCC3)cc1. The molecule has 0 spiro atoms. The number of nitrogens with one attached hydrogen (secondary N) is 2. The molecule has 6 nitrogen and oxygen atoms in total. The molecule has 0 atom stereocenters. The molecule has 0 radical (unpaired) electrons. The summed E-state index contributed by atoms with van der Waals surface area (Å²) in [6, 6.07) is 15.1. The van der Waals surface area contributed by atoms with Gasteiger partial charge in [-0.05, 0) is 62.9 Å². The van der Waals surface area contributed by atoms with Crippen LogP contribution >= 0.6 is 0 Å². The van der Waals surface area contributed by atoms with Gasteiger partial charge in [-0.25, -0.2) is 5.43 Å². The molecule has 1 aliphatic carbocycles. The van der Waals surface area contributed by atoms with E-state index < -0.39 is 0 Å². The highest BCUT2D eigenvalue weighted by molar-refractivity contribution is 6.09. The van der Waals surface area contributed by atoms with E-state index in [9.17, 15) is 9.59 Å². The normalized spacial score (nSPS) is 14.2. The first-order valence-corrected chi connectivity index (χ1v) is 10.9. The maximum Gasteiger partial charge on any atom is 0.291 e. The monoisotopic (exact) mass is 429 g/mol. The number of hydrogen-bond acceptors (Lipinski definition) is 4. The lowest BCUT2D eigenvalue weighted by molar-refractivity contribution is 0.0953. The van der Waals surface area contributed by atoms with Crippen LogP contribution < -0.4 is 10.7 Å². The zero-order valence-corrected chi connectivity index (χ0v) is 18.6. The van der Waals surface area contributed by atoms with Gasteiger partial charge in [0.15, 0.2) is 5.76 Å². The molecular weight excluding hydrogens is 402 g/mol. The zero-order valence-electron chi connectivity index (χ0n) is 18.6. The Morgan fingerprint density at radius 3 is 2.38 bits per heavy atom. The van der Waals surface area contributed by atoms with Crippen LogP contribution in [0.15, 0.2) is 58.0 Å². The Kier molecular flexibility index (Phi) is 6.21. The summed E-state index contributed by atoms with van der Waals surface area (Å²) in [5, 5.41) is 7.29. The van der Waals surface area contributed by atoms with Crippen LogP contribution in [0.5, 0.6) is 0 Å². The molecule has 0 saturated carbocycles. The fourth-order valence-corrected chi connectivity index (χ4v) is 3.90. The highest BCUT2D eigenvalue weighted by Gasteiger charge is 2.28. The van der Waals surface area contributed by atoms with E-state index in [1.807, 2.05) is 50.2 Å². The summed E-state index contributed by atoms with van der Waals surface area (Å²) in [4.78, 5) is 25.3. The molecule has 1 aliphatic rings. The lowest BCUT2D eigenvalue weighted by atomic mass is 9.93. The number of amides is 2. The van der Waals surface area contributed by atoms with Crippen molar-refractivity contribution in [2.75, 3.05) is 5.32 Å². The van der Waals surface area contributed by atoms with Crippen molar-refractivity contribution in [3.05, 3.63) is 87.9 Å². The molecule has 6 heteroatoms. The largest absolute Gasteiger partial charge is 0.455 e. The number of furan rings is 1. The van der Waals surface area contributed by atoms with Gasteiger partial charge in [0.05, 0.1) is 5.71 Å². The maximum absolute atomic E-state index is 12.9. The Morgan fingerprint density at radius 1 is 0.969 bits per heavy atom. The van der Waals surface area contributed by atoms with Crippen molar-refractivity contribution >= 4 is 23.2 Å². The Hall–Kier alpha value is -3.67. The van der Waals surface area contributed by atoms with Crippen LogP contribution in [0.1, 0.15) is 68.7 Å². The summed E-state index contributed by atoms with van der Waals surface area (Å²) < 4.78 is 5.95. The third-order valence-corrected chi connectivity index (χ3v) is 5.76. The van der Waals surface area contributed by atoms with Gasteiger partial charge in [0.1, 0.15) is 5.76 Å². The molecule has 4 rings (SSSR count). The predicted molar refractivity (Wildman–Crippen MR) is 125 cm³/mol. The zero-order chi connectivity index (χ0) is 22.7. The van der Waals surface area contributed by atoms with E-state index in [2.05, 4.69) is 22.8 Å². The summed E-state index contributed by atoms with van der Waals surface area (Å²) in [5.74, 6) is 0.473. The van der Waals surface area contributed by atoms with Crippen molar-refractivity contribution < 1.29 is 14.0 Å². The number of nitrogens with zero attached hydrogens (tertiary/aromatic N) is 1. The van der Waals surface area contributed by atoms with Gasteiger partial charge in [-0.3, -0.25) is 9.59 Å². The Bertz CT molecular complexity index is 1170. The number of rotatable bonds is 5. The lowest BCUT2D eigenvalue weighted by Crippen LogP contribution is -2.22. The third-order valence-electron chi connectivity index (χ3n) is 5.76. The molecule has 3 aromatic rings. The second-order valence-electron chi connectivity index (χ2n) is 8.08. The number of anilines is 1. The molecule has 0 unspecified atom stereocenters. The van der Waals surface area contributed by atoms with Crippen molar-refractivity contribution in [1.82, 2.24) is 5.43 Å². The van der Waals surface area contributed by atoms with Gasteiger partial charge in [0, 0.05) is 28.8 Å². The minimum atomic E-state index is -0.288. The van der Waals surface area contributed by atoms with Crippen molar-refractivity contribution in [1.29, 1.82) is 0 Å². The van der Waals surface area contributed by atoms with Crippen LogP contribution in [-0.2, 0) is 12.8 Å². The first kappa shape index (κ1) is 21.6. The summed E-state index contributed by atoms with van der Waals surface area (Å²) in [6.07, 6.45) is 3.24. The minimum Gasteiger partial charge on any atom is -0.455 e. The second kappa shape index (κ2) is 9.22. The first-order chi connectivity index (χ1) is 15.5. The molecule has 0 saturated heterocycles. The number of fused-ring (bicyclic) bond motifs is 1. The van der Waals surface area contributed by atoms with Crippen LogP contribution in [0.4, 0.5) is 5.69 Å².